The van der Waals surface area contributed by atoms with E-state index in [2.05, 4.69) is 12.2 Å². The minimum Gasteiger partial charge on any atom is -0.497 e. The van der Waals surface area contributed by atoms with Gasteiger partial charge in [-0.1, -0.05) is 25.1 Å². The summed E-state index contributed by atoms with van der Waals surface area (Å²) in [5, 5.41) is 2.83. The summed E-state index contributed by atoms with van der Waals surface area (Å²) < 4.78 is 5.19. The fraction of sp³-hybridized carbons (Fsp3) is 0.348. The number of rotatable bonds is 4. The molecular formula is C23H24N2O4. The summed E-state index contributed by atoms with van der Waals surface area (Å²) in [6, 6.07) is 13.8. The van der Waals surface area contributed by atoms with Crippen LogP contribution >= 0.6 is 0 Å². The van der Waals surface area contributed by atoms with E-state index in [1.54, 1.807) is 55.6 Å². The number of nitrogens with one attached hydrogen (secondary N) is 1. The second-order valence-electron chi connectivity index (χ2n) is 7.85. The highest BCUT2D eigenvalue weighted by atomic mass is 16.5. The number of carbonyl (C=O) groups is 3. The first kappa shape index (κ1) is 19.2. The van der Waals surface area contributed by atoms with Crippen molar-refractivity contribution in [2.45, 2.75) is 26.2 Å². The summed E-state index contributed by atoms with van der Waals surface area (Å²) in [6.45, 7) is 2.12. The maximum absolute atomic E-state index is 13.1. The lowest BCUT2D eigenvalue weighted by Crippen LogP contribution is -2.33. The van der Waals surface area contributed by atoms with Crippen molar-refractivity contribution in [1.29, 1.82) is 0 Å². The van der Waals surface area contributed by atoms with Crippen molar-refractivity contribution < 1.29 is 19.1 Å². The summed E-state index contributed by atoms with van der Waals surface area (Å²) in [4.78, 5) is 40.3. The molecule has 29 heavy (non-hydrogen) atoms. The van der Waals surface area contributed by atoms with Gasteiger partial charge in [0.2, 0.25) is 11.8 Å². The topological polar surface area (TPSA) is 75.7 Å². The Morgan fingerprint density at radius 2 is 1.79 bits per heavy atom. The fourth-order valence-electron chi connectivity index (χ4n) is 4.39. The Morgan fingerprint density at radius 1 is 1.03 bits per heavy atom. The molecule has 0 unspecified atom stereocenters. The molecule has 6 heteroatoms. The maximum atomic E-state index is 13.1. The number of hydrogen-bond donors (Lipinski definition) is 1. The Hall–Kier alpha value is -3.15. The van der Waals surface area contributed by atoms with Crippen LogP contribution in [0.4, 0.5) is 11.4 Å². The molecule has 0 aromatic heterocycles. The number of carbonyl (C=O) groups excluding carboxylic acids is 3. The zero-order valence-electron chi connectivity index (χ0n) is 16.6. The molecule has 1 N–H and O–H groups in total. The van der Waals surface area contributed by atoms with Crippen LogP contribution < -0.4 is 15.0 Å². The number of benzene rings is 2. The lowest BCUT2D eigenvalue weighted by Gasteiger charge is -2.25. The molecule has 2 aliphatic rings. The van der Waals surface area contributed by atoms with Crippen LogP contribution in [0.5, 0.6) is 5.75 Å². The summed E-state index contributed by atoms with van der Waals surface area (Å²) in [6.07, 6.45) is 2.40. The highest BCUT2D eigenvalue weighted by Gasteiger charge is 2.50. The number of ether oxygens (including phenoxy) is 1. The number of anilines is 2. The van der Waals surface area contributed by atoms with Crippen LogP contribution in [0.15, 0.2) is 48.5 Å². The van der Waals surface area contributed by atoms with Gasteiger partial charge in [0.15, 0.2) is 0 Å². The molecule has 1 heterocycles. The number of amides is 3. The Balaban J connectivity index is 1.64. The highest BCUT2D eigenvalue weighted by Crippen LogP contribution is 2.42. The van der Waals surface area contributed by atoms with Crippen LogP contribution in [-0.4, -0.2) is 24.8 Å². The van der Waals surface area contributed by atoms with Crippen molar-refractivity contribution in [1.82, 2.24) is 0 Å². The van der Waals surface area contributed by atoms with E-state index in [0.717, 1.165) is 19.3 Å². The molecule has 0 bridgehead atoms. The van der Waals surface area contributed by atoms with Gasteiger partial charge in [0, 0.05) is 11.8 Å². The minimum absolute atomic E-state index is 0.187. The third-order valence-corrected chi connectivity index (χ3v) is 5.90. The SMILES string of the molecule is COc1cccc(NC(=O)c2ccccc2N2C(=O)[C@@H]3CC[C@H](C)C[C@H]3C2=O)c1. The van der Waals surface area contributed by atoms with Gasteiger partial charge in [-0.2, -0.15) is 0 Å². The summed E-state index contributed by atoms with van der Waals surface area (Å²) in [5.41, 5.74) is 1.22. The molecule has 2 aromatic rings. The molecular weight excluding hydrogens is 368 g/mol. The van der Waals surface area contributed by atoms with Crippen molar-refractivity contribution in [3.05, 3.63) is 54.1 Å². The molecule has 2 fully saturated rings. The number of methoxy groups -OCH3 is 1. The molecule has 0 spiro atoms. The van der Waals surface area contributed by atoms with Gasteiger partial charge in [-0.15, -0.1) is 0 Å². The molecule has 1 saturated carbocycles. The first-order chi connectivity index (χ1) is 14.0. The molecule has 6 nitrogen and oxygen atoms in total. The third-order valence-electron chi connectivity index (χ3n) is 5.90. The van der Waals surface area contributed by atoms with E-state index in [-0.39, 0.29) is 29.6 Å². The van der Waals surface area contributed by atoms with Gasteiger partial charge < -0.3 is 10.1 Å². The zero-order chi connectivity index (χ0) is 20.5. The van der Waals surface area contributed by atoms with Gasteiger partial charge >= 0.3 is 0 Å². The Morgan fingerprint density at radius 3 is 2.59 bits per heavy atom. The second-order valence-corrected chi connectivity index (χ2v) is 7.85. The Bertz CT molecular complexity index is 971. The van der Waals surface area contributed by atoms with Crippen LogP contribution in [0.1, 0.15) is 36.5 Å². The molecule has 1 aliphatic heterocycles. The zero-order valence-corrected chi connectivity index (χ0v) is 16.6. The predicted molar refractivity (Wildman–Crippen MR) is 110 cm³/mol. The van der Waals surface area contributed by atoms with Gasteiger partial charge in [-0.05, 0) is 49.4 Å². The summed E-state index contributed by atoms with van der Waals surface area (Å²) in [5.74, 6) is -0.243. The maximum Gasteiger partial charge on any atom is 0.257 e. The Kier molecular flexibility index (Phi) is 5.09. The van der Waals surface area contributed by atoms with Crippen LogP contribution in [0.2, 0.25) is 0 Å². The standard InChI is InChI=1S/C23H24N2O4/c1-14-10-11-17-19(12-14)23(28)25(22(17)27)20-9-4-3-8-18(20)21(26)24-15-6-5-7-16(13-15)29-2/h3-9,13-14,17,19H,10-12H2,1-2H3,(H,24,26)/t14-,17+,19+/m0/s1. The van der Waals surface area contributed by atoms with Crippen LogP contribution in [-0.2, 0) is 9.59 Å². The first-order valence-corrected chi connectivity index (χ1v) is 9.92. The highest BCUT2D eigenvalue weighted by molar-refractivity contribution is 6.24. The summed E-state index contributed by atoms with van der Waals surface area (Å²) >= 11 is 0. The second kappa shape index (κ2) is 7.70. The van der Waals surface area contributed by atoms with E-state index in [0.29, 0.717) is 28.6 Å². The van der Waals surface area contributed by atoms with Gasteiger partial charge in [0.25, 0.3) is 5.91 Å². The van der Waals surface area contributed by atoms with Crippen molar-refractivity contribution in [3.8, 4) is 5.75 Å². The quantitative estimate of drug-likeness (QED) is 0.802. The molecule has 0 radical (unpaired) electrons. The van der Waals surface area contributed by atoms with Gasteiger partial charge in [0.05, 0.1) is 30.2 Å². The van der Waals surface area contributed by atoms with Crippen LogP contribution in [0, 0.1) is 17.8 Å². The van der Waals surface area contributed by atoms with Crippen LogP contribution in [0.25, 0.3) is 0 Å². The molecule has 2 aromatic carbocycles. The van der Waals surface area contributed by atoms with E-state index in [4.69, 9.17) is 4.74 Å². The Labute approximate surface area is 169 Å². The normalized spacial score (nSPS) is 23.7. The van der Waals surface area contributed by atoms with Gasteiger partial charge in [-0.25, -0.2) is 4.90 Å². The van der Waals surface area contributed by atoms with E-state index in [9.17, 15) is 14.4 Å². The van der Waals surface area contributed by atoms with Crippen molar-refractivity contribution in [3.63, 3.8) is 0 Å². The molecule has 150 valence electrons. The van der Waals surface area contributed by atoms with Gasteiger partial charge in [0.1, 0.15) is 5.75 Å². The largest absolute Gasteiger partial charge is 0.497 e. The predicted octanol–water partition coefficient (Wildman–Crippen LogP) is 3.87. The first-order valence-electron chi connectivity index (χ1n) is 9.92. The molecule has 1 aliphatic carbocycles. The average molecular weight is 392 g/mol. The molecule has 3 amide bonds. The average Bonchev–Trinajstić information content (AvgIpc) is 2.97. The summed E-state index contributed by atoms with van der Waals surface area (Å²) in [7, 11) is 1.56. The van der Waals surface area contributed by atoms with Crippen molar-refractivity contribution in [2.24, 2.45) is 17.8 Å². The lowest BCUT2D eigenvalue weighted by molar-refractivity contribution is -0.122. The van der Waals surface area contributed by atoms with E-state index in [1.807, 2.05) is 0 Å². The van der Waals surface area contributed by atoms with E-state index >= 15 is 0 Å². The molecule has 4 rings (SSSR count). The van der Waals surface area contributed by atoms with Crippen molar-refractivity contribution >= 4 is 29.1 Å². The third kappa shape index (κ3) is 3.50. The van der Waals surface area contributed by atoms with E-state index in [1.165, 1.54) is 4.90 Å². The lowest BCUT2D eigenvalue weighted by atomic mass is 9.76. The van der Waals surface area contributed by atoms with Crippen LogP contribution in [0.3, 0.4) is 0 Å². The minimum atomic E-state index is -0.377. The molecule has 1 saturated heterocycles. The smallest absolute Gasteiger partial charge is 0.257 e. The number of para-hydroxylation sites is 1. The number of imide groups is 1. The fourth-order valence-corrected chi connectivity index (χ4v) is 4.39. The van der Waals surface area contributed by atoms with Crippen molar-refractivity contribution in [2.75, 3.05) is 17.3 Å². The number of fused-ring (bicyclic) bond motifs is 1. The monoisotopic (exact) mass is 392 g/mol. The molecule has 3 atom stereocenters. The number of nitrogens with zero attached hydrogens (tertiary/aromatic N) is 1. The van der Waals surface area contributed by atoms with E-state index < -0.39 is 0 Å². The van der Waals surface area contributed by atoms with Gasteiger partial charge in [-0.3, -0.25) is 14.4 Å². The number of hydrogen-bond acceptors (Lipinski definition) is 4.